The Morgan fingerprint density at radius 3 is 2.58 bits per heavy atom. The molecule has 2 heterocycles. The average molecular weight is 541 g/mol. The number of aldehydes is 1. The summed E-state index contributed by atoms with van der Waals surface area (Å²) in [6.45, 7) is 0.130. The number of alkyl halides is 3. The number of hydrogen-bond donors (Lipinski definition) is 1. The number of ether oxygens (including phenoxy) is 1. The standard InChI is InChI=1S/C27H17ClF4N4O2/c28-23-9-19(4-7-25(23)38-14-16-2-1-3-18(29)8-16)35-26-21-10-20(5-6-24(21)33-15-34-26)36-11-17(13-37)22(12-36)27(30,31)32/h1-13,15H,14H2,(H,33,34,35). The van der Waals surface area contributed by atoms with Gasteiger partial charge in [-0.1, -0.05) is 23.7 Å². The molecule has 0 fully saturated rings. The maximum absolute atomic E-state index is 13.4. The Morgan fingerprint density at radius 2 is 1.87 bits per heavy atom. The summed E-state index contributed by atoms with van der Waals surface area (Å²) < 4.78 is 60.2. The molecule has 0 amide bonds. The molecule has 0 saturated carbocycles. The van der Waals surface area contributed by atoms with Crippen molar-refractivity contribution in [3.63, 3.8) is 0 Å². The van der Waals surface area contributed by atoms with Crippen molar-refractivity contribution in [2.24, 2.45) is 0 Å². The van der Waals surface area contributed by atoms with E-state index < -0.39 is 17.3 Å². The van der Waals surface area contributed by atoms with Gasteiger partial charge in [-0.2, -0.15) is 13.2 Å². The van der Waals surface area contributed by atoms with Crippen LogP contribution in [0.15, 0.2) is 79.4 Å². The third-order valence-corrected chi connectivity index (χ3v) is 5.98. The summed E-state index contributed by atoms with van der Waals surface area (Å²) in [5, 5.41) is 3.98. The van der Waals surface area contributed by atoms with Crippen molar-refractivity contribution in [3.05, 3.63) is 107 Å². The fourth-order valence-corrected chi connectivity index (χ4v) is 4.11. The van der Waals surface area contributed by atoms with Gasteiger partial charge < -0.3 is 14.6 Å². The molecule has 5 rings (SSSR count). The molecular formula is C27H17ClF4N4O2. The lowest BCUT2D eigenvalue weighted by atomic mass is 10.2. The molecule has 2 aromatic heterocycles. The second-order valence-electron chi connectivity index (χ2n) is 8.26. The number of nitrogens with zero attached hydrogens (tertiary/aromatic N) is 3. The zero-order chi connectivity index (χ0) is 26.9. The first-order chi connectivity index (χ1) is 18.2. The van der Waals surface area contributed by atoms with Gasteiger partial charge in [0.2, 0.25) is 0 Å². The molecule has 0 atom stereocenters. The van der Waals surface area contributed by atoms with Crippen molar-refractivity contribution in [2.45, 2.75) is 12.8 Å². The van der Waals surface area contributed by atoms with Crippen molar-refractivity contribution >= 4 is 40.3 Å². The molecule has 0 aliphatic heterocycles. The monoisotopic (exact) mass is 540 g/mol. The molecule has 0 aliphatic rings. The molecule has 0 saturated heterocycles. The van der Waals surface area contributed by atoms with Crippen molar-refractivity contribution < 1.29 is 27.1 Å². The molecule has 0 spiro atoms. The van der Waals surface area contributed by atoms with E-state index in [1.54, 1.807) is 48.5 Å². The summed E-state index contributed by atoms with van der Waals surface area (Å²) in [7, 11) is 0. The molecule has 0 unspecified atom stereocenters. The lowest BCUT2D eigenvalue weighted by Crippen LogP contribution is -2.06. The lowest BCUT2D eigenvalue weighted by molar-refractivity contribution is -0.137. The second-order valence-corrected chi connectivity index (χ2v) is 8.67. The highest BCUT2D eigenvalue weighted by Crippen LogP contribution is 2.34. The molecule has 192 valence electrons. The van der Waals surface area contributed by atoms with Crippen LogP contribution in [0.3, 0.4) is 0 Å². The predicted molar refractivity (Wildman–Crippen MR) is 135 cm³/mol. The number of anilines is 2. The molecular weight excluding hydrogens is 524 g/mol. The van der Waals surface area contributed by atoms with Gasteiger partial charge in [0, 0.05) is 34.7 Å². The Kier molecular flexibility index (Phi) is 6.73. The van der Waals surface area contributed by atoms with Crippen molar-refractivity contribution in [3.8, 4) is 11.4 Å². The topological polar surface area (TPSA) is 69.0 Å². The first kappa shape index (κ1) is 25.2. The fourth-order valence-electron chi connectivity index (χ4n) is 3.88. The highest BCUT2D eigenvalue weighted by Gasteiger charge is 2.35. The van der Waals surface area contributed by atoms with E-state index in [0.717, 1.165) is 12.4 Å². The highest BCUT2D eigenvalue weighted by molar-refractivity contribution is 6.32. The van der Waals surface area contributed by atoms with Crippen LogP contribution in [0.1, 0.15) is 21.5 Å². The van der Waals surface area contributed by atoms with Gasteiger partial charge in [0.25, 0.3) is 0 Å². The van der Waals surface area contributed by atoms with E-state index in [9.17, 15) is 22.4 Å². The normalized spacial score (nSPS) is 11.5. The van der Waals surface area contributed by atoms with E-state index in [1.165, 1.54) is 23.0 Å². The van der Waals surface area contributed by atoms with E-state index in [2.05, 4.69) is 15.3 Å². The van der Waals surface area contributed by atoms with E-state index in [1.807, 2.05) is 0 Å². The molecule has 5 aromatic rings. The number of fused-ring (bicyclic) bond motifs is 1. The van der Waals surface area contributed by atoms with E-state index >= 15 is 0 Å². The molecule has 1 N–H and O–H groups in total. The number of benzene rings is 3. The molecule has 0 radical (unpaired) electrons. The minimum absolute atomic E-state index is 0.130. The Morgan fingerprint density at radius 1 is 1.03 bits per heavy atom. The molecule has 3 aromatic carbocycles. The average Bonchev–Trinajstić information content (AvgIpc) is 3.34. The summed E-state index contributed by atoms with van der Waals surface area (Å²) in [4.78, 5) is 19.7. The number of hydrogen-bond acceptors (Lipinski definition) is 5. The molecule has 38 heavy (non-hydrogen) atoms. The number of rotatable bonds is 7. The SMILES string of the molecule is O=Cc1cn(-c2ccc3ncnc(Nc4ccc(OCc5cccc(F)c5)c(Cl)c4)c3c2)cc1C(F)(F)F. The summed E-state index contributed by atoms with van der Waals surface area (Å²) >= 11 is 6.39. The molecule has 6 nitrogen and oxygen atoms in total. The summed E-state index contributed by atoms with van der Waals surface area (Å²) in [5.41, 5.74) is 0.664. The van der Waals surface area contributed by atoms with E-state index in [4.69, 9.17) is 16.3 Å². The van der Waals surface area contributed by atoms with Gasteiger partial charge in [-0.25, -0.2) is 14.4 Å². The van der Waals surface area contributed by atoms with Crippen LogP contribution in [0.5, 0.6) is 5.75 Å². The minimum atomic E-state index is -4.67. The Balaban J connectivity index is 1.41. The summed E-state index contributed by atoms with van der Waals surface area (Å²) in [6, 6.07) is 15.9. The molecule has 0 aliphatic carbocycles. The van der Waals surface area contributed by atoms with Gasteiger partial charge in [0.1, 0.15) is 30.3 Å². The quantitative estimate of drug-likeness (QED) is 0.172. The summed E-state index contributed by atoms with van der Waals surface area (Å²) in [6.07, 6.45) is -1.16. The van der Waals surface area contributed by atoms with Crippen LogP contribution in [-0.4, -0.2) is 20.8 Å². The number of carbonyl (C=O) groups is 1. The molecule has 0 bridgehead atoms. The maximum atomic E-state index is 13.4. The van der Waals surface area contributed by atoms with Gasteiger partial charge in [0.15, 0.2) is 6.29 Å². The number of aromatic nitrogens is 3. The van der Waals surface area contributed by atoms with Crippen LogP contribution in [0.2, 0.25) is 5.02 Å². The minimum Gasteiger partial charge on any atom is -0.487 e. The first-order valence-electron chi connectivity index (χ1n) is 11.1. The van der Waals surface area contributed by atoms with Crippen molar-refractivity contribution in [1.29, 1.82) is 0 Å². The second kappa shape index (κ2) is 10.1. The smallest absolute Gasteiger partial charge is 0.418 e. The van der Waals surface area contributed by atoms with Crippen molar-refractivity contribution in [1.82, 2.24) is 14.5 Å². The zero-order valence-electron chi connectivity index (χ0n) is 19.3. The van der Waals surface area contributed by atoms with Crippen LogP contribution in [-0.2, 0) is 12.8 Å². The maximum Gasteiger partial charge on any atom is 0.418 e. The Bertz CT molecular complexity index is 1650. The van der Waals surface area contributed by atoms with E-state index in [0.29, 0.717) is 44.4 Å². The third kappa shape index (κ3) is 5.30. The van der Waals surface area contributed by atoms with Crippen LogP contribution >= 0.6 is 11.6 Å². The van der Waals surface area contributed by atoms with Crippen LogP contribution < -0.4 is 10.1 Å². The number of nitrogens with one attached hydrogen (secondary N) is 1. The van der Waals surface area contributed by atoms with Gasteiger partial charge >= 0.3 is 6.18 Å². The zero-order valence-corrected chi connectivity index (χ0v) is 20.1. The van der Waals surface area contributed by atoms with Crippen LogP contribution in [0, 0.1) is 5.82 Å². The van der Waals surface area contributed by atoms with Gasteiger partial charge in [0.05, 0.1) is 16.1 Å². The Labute approximate surface area is 218 Å². The van der Waals surface area contributed by atoms with Gasteiger partial charge in [-0.3, -0.25) is 4.79 Å². The van der Waals surface area contributed by atoms with Crippen LogP contribution in [0.4, 0.5) is 29.1 Å². The highest BCUT2D eigenvalue weighted by atomic mass is 35.5. The van der Waals surface area contributed by atoms with Crippen LogP contribution in [0.25, 0.3) is 16.6 Å². The van der Waals surface area contributed by atoms with Crippen molar-refractivity contribution in [2.75, 3.05) is 5.32 Å². The number of halogens is 5. The first-order valence-corrected chi connectivity index (χ1v) is 11.5. The Hall–Kier alpha value is -4.44. The van der Waals surface area contributed by atoms with Gasteiger partial charge in [-0.15, -0.1) is 0 Å². The molecule has 11 heteroatoms. The third-order valence-electron chi connectivity index (χ3n) is 5.68. The number of carbonyl (C=O) groups excluding carboxylic acids is 1. The largest absolute Gasteiger partial charge is 0.487 e. The van der Waals surface area contributed by atoms with E-state index in [-0.39, 0.29) is 18.7 Å². The lowest BCUT2D eigenvalue weighted by Gasteiger charge is -2.13. The predicted octanol–water partition coefficient (Wildman–Crippen LogP) is 7.37. The fraction of sp³-hybridized carbons (Fsp3) is 0.0741. The van der Waals surface area contributed by atoms with Gasteiger partial charge in [-0.05, 0) is 54.1 Å². The summed E-state index contributed by atoms with van der Waals surface area (Å²) in [5.74, 6) is 0.425.